The van der Waals surface area contributed by atoms with Gasteiger partial charge in [-0.1, -0.05) is 18.0 Å². The summed E-state index contributed by atoms with van der Waals surface area (Å²) in [4.78, 5) is 15.6. The van der Waals surface area contributed by atoms with Gasteiger partial charge in [-0.15, -0.1) is 0 Å². The Labute approximate surface area is 191 Å². The third-order valence-electron chi connectivity index (χ3n) is 6.31. The van der Waals surface area contributed by atoms with Gasteiger partial charge >= 0.3 is 0 Å². The van der Waals surface area contributed by atoms with Gasteiger partial charge in [-0.2, -0.15) is 0 Å². The van der Waals surface area contributed by atoms with E-state index in [-0.39, 0.29) is 35.5 Å². The molecule has 0 aliphatic heterocycles. The van der Waals surface area contributed by atoms with Crippen LogP contribution in [0.1, 0.15) is 37.1 Å². The van der Waals surface area contributed by atoms with Gasteiger partial charge in [0.1, 0.15) is 11.4 Å². The van der Waals surface area contributed by atoms with Crippen molar-refractivity contribution in [2.24, 2.45) is 5.92 Å². The first-order valence-corrected chi connectivity index (χ1v) is 12.7. The maximum absolute atomic E-state index is 13.6. The number of fused-ring (bicyclic) bond motifs is 1. The molecule has 33 heavy (non-hydrogen) atoms. The number of aryl methyl sites for hydroxylation is 2. The first-order valence-electron chi connectivity index (χ1n) is 11.1. The van der Waals surface area contributed by atoms with Gasteiger partial charge in [0.15, 0.2) is 9.84 Å². The number of hydrogen-bond acceptors (Lipinski definition) is 8. The molecule has 4 N–H and O–H groups in total. The molecule has 9 nitrogen and oxygen atoms in total. The van der Waals surface area contributed by atoms with Crippen molar-refractivity contribution in [2.75, 3.05) is 24.3 Å². The van der Waals surface area contributed by atoms with Crippen molar-refractivity contribution in [1.29, 1.82) is 0 Å². The minimum atomic E-state index is -3.68. The van der Waals surface area contributed by atoms with E-state index in [0.29, 0.717) is 33.5 Å². The number of sulfone groups is 1. The molecule has 0 atom stereocenters. The molecule has 0 saturated heterocycles. The number of aliphatic hydroxyl groups excluding tert-OH is 2. The zero-order valence-electron chi connectivity index (χ0n) is 18.7. The lowest BCUT2D eigenvalue weighted by molar-refractivity contribution is 0.204. The lowest BCUT2D eigenvalue weighted by atomic mass is 10.0. The number of rotatable bonds is 8. The SMILES string of the molecule is Cc1noc(C)c1-c1cc(S(=O)(=O)CC2CCCC2)c2cc(NC(CO)CO)c(=O)[nH]c2c1. The van der Waals surface area contributed by atoms with E-state index in [9.17, 15) is 23.4 Å². The van der Waals surface area contributed by atoms with E-state index in [1.54, 1.807) is 26.0 Å². The smallest absolute Gasteiger partial charge is 0.271 e. The summed E-state index contributed by atoms with van der Waals surface area (Å²) < 4.78 is 32.5. The van der Waals surface area contributed by atoms with Gasteiger partial charge in [0, 0.05) is 10.9 Å². The molecule has 1 saturated carbocycles. The number of hydrogen-bond donors (Lipinski definition) is 4. The highest BCUT2D eigenvalue weighted by atomic mass is 32.2. The van der Waals surface area contributed by atoms with Gasteiger partial charge in [0.25, 0.3) is 5.56 Å². The van der Waals surface area contributed by atoms with Crippen molar-refractivity contribution in [1.82, 2.24) is 10.1 Å². The van der Waals surface area contributed by atoms with Crippen molar-refractivity contribution in [3.8, 4) is 11.1 Å². The molecular weight excluding hydrogens is 446 g/mol. The quantitative estimate of drug-likeness (QED) is 0.389. The van der Waals surface area contributed by atoms with Crippen molar-refractivity contribution in [3.63, 3.8) is 0 Å². The van der Waals surface area contributed by atoms with E-state index in [2.05, 4.69) is 15.5 Å². The number of aliphatic hydroxyl groups is 2. The standard InChI is InChI=1S/C23H29N3O6S/c1-13-22(14(2)32-26-13)16-7-19-18(9-20(23(29)25-19)24-17(10-27)11-28)21(8-16)33(30,31)12-15-5-3-4-6-15/h7-9,15,17,24,27-28H,3-6,10-12H2,1-2H3,(H,25,29). The van der Waals surface area contributed by atoms with Crippen LogP contribution in [0.5, 0.6) is 0 Å². The summed E-state index contributed by atoms with van der Waals surface area (Å²) in [6.07, 6.45) is 3.84. The highest BCUT2D eigenvalue weighted by Gasteiger charge is 2.27. The first-order chi connectivity index (χ1) is 15.7. The summed E-state index contributed by atoms with van der Waals surface area (Å²) in [6, 6.07) is 4.07. The number of anilines is 1. The molecule has 1 aliphatic carbocycles. The van der Waals surface area contributed by atoms with Crippen molar-refractivity contribution < 1.29 is 23.2 Å². The van der Waals surface area contributed by atoms with E-state index >= 15 is 0 Å². The Hall–Kier alpha value is -2.69. The molecule has 2 heterocycles. The summed E-state index contributed by atoms with van der Waals surface area (Å²) in [5.41, 5.74) is 1.89. The molecular formula is C23H29N3O6S. The molecule has 0 radical (unpaired) electrons. The number of nitrogens with zero attached hydrogens (tertiary/aromatic N) is 1. The van der Waals surface area contributed by atoms with Gasteiger partial charge in [0.2, 0.25) is 0 Å². The molecule has 3 aromatic rings. The molecule has 0 unspecified atom stereocenters. The number of H-pyrrole nitrogens is 1. The first kappa shape index (κ1) is 23.5. The van der Waals surface area contributed by atoms with E-state index in [1.807, 2.05) is 0 Å². The largest absolute Gasteiger partial charge is 0.394 e. The average Bonchev–Trinajstić information content (AvgIpc) is 3.40. The van der Waals surface area contributed by atoms with Crippen LogP contribution in [-0.2, 0) is 9.84 Å². The number of aromatic nitrogens is 2. The summed E-state index contributed by atoms with van der Waals surface area (Å²) in [5, 5.41) is 25.9. The van der Waals surface area contributed by atoms with Crippen LogP contribution in [0.4, 0.5) is 5.69 Å². The van der Waals surface area contributed by atoms with Crippen LogP contribution in [0.25, 0.3) is 22.0 Å². The summed E-state index contributed by atoms with van der Waals surface area (Å²) in [5.74, 6) is 0.715. The third kappa shape index (κ3) is 4.68. The molecule has 0 amide bonds. The predicted octanol–water partition coefficient (Wildman–Crippen LogP) is 2.53. The molecule has 10 heteroatoms. The van der Waals surface area contributed by atoms with Crippen LogP contribution in [0.15, 0.2) is 32.4 Å². The topological polar surface area (TPSA) is 146 Å². The van der Waals surface area contributed by atoms with Crippen molar-refractivity contribution >= 4 is 26.4 Å². The fourth-order valence-corrected chi connectivity index (χ4v) is 6.57. The number of nitrogens with one attached hydrogen (secondary N) is 2. The Kier molecular flexibility index (Phi) is 6.60. The third-order valence-corrected chi connectivity index (χ3v) is 8.23. The van der Waals surface area contributed by atoms with Crippen LogP contribution in [0.2, 0.25) is 0 Å². The van der Waals surface area contributed by atoms with E-state index in [4.69, 9.17) is 4.52 Å². The number of benzene rings is 1. The second-order valence-electron chi connectivity index (χ2n) is 8.79. The Morgan fingerprint density at radius 2 is 1.88 bits per heavy atom. The minimum Gasteiger partial charge on any atom is -0.394 e. The molecule has 4 rings (SSSR count). The molecule has 2 aromatic heterocycles. The van der Waals surface area contributed by atoms with E-state index < -0.39 is 21.4 Å². The fourth-order valence-electron chi connectivity index (χ4n) is 4.63. The molecule has 0 spiro atoms. The molecule has 1 aromatic carbocycles. The van der Waals surface area contributed by atoms with Crippen molar-refractivity contribution in [2.45, 2.75) is 50.5 Å². The Bertz CT molecular complexity index is 1300. The second-order valence-corrected chi connectivity index (χ2v) is 10.8. The predicted molar refractivity (Wildman–Crippen MR) is 125 cm³/mol. The van der Waals surface area contributed by atoms with Gasteiger partial charge in [0.05, 0.1) is 41.1 Å². The molecule has 178 valence electrons. The minimum absolute atomic E-state index is 0.0466. The lowest BCUT2D eigenvalue weighted by Gasteiger charge is -2.17. The van der Waals surface area contributed by atoms with Crippen LogP contribution in [-0.4, -0.2) is 53.8 Å². The highest BCUT2D eigenvalue weighted by Crippen LogP contribution is 2.36. The summed E-state index contributed by atoms with van der Waals surface area (Å²) in [7, 11) is -3.68. The lowest BCUT2D eigenvalue weighted by Crippen LogP contribution is -2.30. The normalized spacial score (nSPS) is 15.1. The average molecular weight is 476 g/mol. The molecule has 1 aliphatic rings. The van der Waals surface area contributed by atoms with Crippen LogP contribution in [0, 0.1) is 19.8 Å². The number of aromatic amines is 1. The van der Waals surface area contributed by atoms with Crippen LogP contribution >= 0.6 is 0 Å². The Morgan fingerprint density at radius 1 is 1.18 bits per heavy atom. The van der Waals surface area contributed by atoms with E-state index in [1.165, 1.54) is 6.07 Å². The fraction of sp³-hybridized carbons (Fsp3) is 0.478. The van der Waals surface area contributed by atoms with Crippen LogP contribution < -0.4 is 10.9 Å². The zero-order chi connectivity index (χ0) is 23.8. The molecule has 0 bridgehead atoms. The van der Waals surface area contributed by atoms with Gasteiger partial charge in [-0.3, -0.25) is 4.79 Å². The van der Waals surface area contributed by atoms with Crippen molar-refractivity contribution in [3.05, 3.63) is 40.0 Å². The highest BCUT2D eigenvalue weighted by molar-refractivity contribution is 7.91. The number of pyridine rings is 1. The van der Waals surface area contributed by atoms with E-state index in [0.717, 1.165) is 25.7 Å². The van der Waals surface area contributed by atoms with Gasteiger partial charge in [-0.25, -0.2) is 8.42 Å². The Balaban J connectivity index is 1.93. The second kappa shape index (κ2) is 9.28. The Morgan fingerprint density at radius 3 is 2.48 bits per heavy atom. The molecule has 1 fully saturated rings. The zero-order valence-corrected chi connectivity index (χ0v) is 19.5. The van der Waals surface area contributed by atoms with Crippen LogP contribution in [0.3, 0.4) is 0 Å². The maximum atomic E-state index is 13.6. The van der Waals surface area contributed by atoms with Gasteiger partial charge in [-0.05, 0) is 56.4 Å². The summed E-state index contributed by atoms with van der Waals surface area (Å²) in [6.45, 7) is 2.77. The van der Waals surface area contributed by atoms with Gasteiger partial charge < -0.3 is 25.0 Å². The monoisotopic (exact) mass is 475 g/mol. The maximum Gasteiger partial charge on any atom is 0.271 e. The summed E-state index contributed by atoms with van der Waals surface area (Å²) >= 11 is 0.